The number of ether oxygens (including phenoxy) is 2. The van der Waals surface area contributed by atoms with Crippen molar-refractivity contribution in [1.82, 2.24) is 45.0 Å². The molecule has 2 N–H and O–H groups in total. The fourth-order valence-corrected chi connectivity index (χ4v) is 10.6. The number of urea groups is 1. The summed E-state index contributed by atoms with van der Waals surface area (Å²) in [6, 6.07) is 7.36. The molecule has 3 aliphatic heterocycles. The van der Waals surface area contributed by atoms with E-state index in [0.717, 1.165) is 57.5 Å². The number of hydrogen-bond donors (Lipinski definition) is 2. The Hall–Kier alpha value is -3.99. The van der Waals surface area contributed by atoms with E-state index in [1.807, 2.05) is 37.1 Å². The highest BCUT2D eigenvalue weighted by Crippen LogP contribution is 2.42. The van der Waals surface area contributed by atoms with Crippen LogP contribution < -0.4 is 10.7 Å². The number of hydrazine groups is 1. The summed E-state index contributed by atoms with van der Waals surface area (Å²) < 4.78 is 14.2. The molecule has 1 saturated carbocycles. The van der Waals surface area contributed by atoms with Gasteiger partial charge < -0.3 is 34.1 Å². The monoisotopic (exact) mass is 1060 g/mol. The Morgan fingerprint density at radius 3 is 2.36 bits per heavy atom. The first-order chi connectivity index (χ1) is 31.6. The maximum Gasteiger partial charge on any atom is 0.324 e. The normalized spacial score (nSPS) is 20.1. The Morgan fingerprint density at radius 2 is 1.70 bits per heavy atom. The fourth-order valence-electron chi connectivity index (χ4n) is 9.80. The molecule has 4 aromatic rings. The summed E-state index contributed by atoms with van der Waals surface area (Å²) in [4.78, 5) is 84.5. The SMILES string of the molecule is CCn1c(-c2cccnc2[C@H](C)OC)c2c3cc(ccc31)-c1csc(n1)C[C@H](NC(=O)[C@H](C(C)C)N(C)C(=O)N1CCN(C(=O)C3CC3)CC1)C(=O)N1CCC[C@H](N1)C(=O)OCC(C)(C)C2.S.S.S.S. The molecule has 3 aromatic heterocycles. The molecule has 6 bridgehead atoms. The number of carbonyl (C=O) groups is 5. The number of hydrogen-bond acceptors (Lipinski definition) is 11. The second-order valence-corrected chi connectivity index (χ2v) is 20.4. The van der Waals surface area contributed by atoms with Crippen LogP contribution in [0.1, 0.15) is 89.6 Å². The highest BCUT2D eigenvalue weighted by atomic mass is 32.1. The molecule has 386 valence electrons. The predicted molar refractivity (Wildman–Crippen MR) is 294 cm³/mol. The van der Waals surface area contributed by atoms with E-state index in [-0.39, 0.29) is 96.9 Å². The number of thiazole rings is 1. The van der Waals surface area contributed by atoms with E-state index in [2.05, 4.69) is 60.3 Å². The number of amides is 5. The molecule has 4 atom stereocenters. The van der Waals surface area contributed by atoms with E-state index < -0.39 is 41.3 Å². The van der Waals surface area contributed by atoms with E-state index in [4.69, 9.17) is 19.4 Å². The first-order valence-corrected chi connectivity index (χ1v) is 24.4. The zero-order valence-electron chi connectivity index (χ0n) is 41.6. The predicted octanol–water partition coefficient (Wildman–Crippen LogP) is 6.28. The minimum Gasteiger partial charge on any atom is -0.464 e. The minimum atomic E-state index is -1.07. The third-order valence-electron chi connectivity index (χ3n) is 13.6. The highest BCUT2D eigenvalue weighted by Gasteiger charge is 2.40. The molecule has 1 aliphatic carbocycles. The van der Waals surface area contributed by atoms with Crippen LogP contribution in [-0.2, 0) is 48.0 Å². The van der Waals surface area contributed by atoms with Crippen LogP contribution in [0.25, 0.3) is 33.4 Å². The lowest BCUT2D eigenvalue weighted by atomic mass is 9.84. The summed E-state index contributed by atoms with van der Waals surface area (Å²) in [7, 11) is 3.30. The molecular weight excluding hydrogens is 987 g/mol. The van der Waals surface area contributed by atoms with Gasteiger partial charge >= 0.3 is 12.0 Å². The molecule has 21 heteroatoms. The number of pyridine rings is 1. The smallest absolute Gasteiger partial charge is 0.324 e. The maximum atomic E-state index is 14.6. The molecule has 3 fully saturated rings. The Morgan fingerprint density at radius 1 is 1.00 bits per heavy atom. The van der Waals surface area contributed by atoms with Crippen molar-refractivity contribution in [2.24, 2.45) is 17.3 Å². The van der Waals surface area contributed by atoms with Gasteiger partial charge in [-0.3, -0.25) is 29.2 Å². The van der Waals surface area contributed by atoms with Crippen molar-refractivity contribution in [3.8, 4) is 22.5 Å². The minimum absolute atomic E-state index is 0. The van der Waals surface area contributed by atoms with Crippen molar-refractivity contribution in [2.45, 2.75) is 111 Å². The largest absolute Gasteiger partial charge is 0.464 e. The number of rotatable bonds is 9. The van der Waals surface area contributed by atoms with Crippen molar-refractivity contribution in [3.05, 3.63) is 58.2 Å². The van der Waals surface area contributed by atoms with Gasteiger partial charge in [0.15, 0.2) is 0 Å². The van der Waals surface area contributed by atoms with Crippen molar-refractivity contribution < 1.29 is 33.4 Å². The summed E-state index contributed by atoms with van der Waals surface area (Å²) in [6.45, 7) is 14.9. The topological polar surface area (TPSA) is 172 Å². The number of fused-ring (bicyclic) bond motifs is 6. The van der Waals surface area contributed by atoms with E-state index in [1.165, 1.54) is 21.2 Å². The summed E-state index contributed by atoms with van der Waals surface area (Å²) in [6.07, 6.45) is 5.07. The molecule has 16 nitrogen and oxygen atoms in total. The summed E-state index contributed by atoms with van der Waals surface area (Å²) in [5.74, 6) is -1.37. The third kappa shape index (κ3) is 12.4. The Bertz CT molecular complexity index is 2490. The number of aryl methyl sites for hydroxylation is 1. The molecule has 5 amide bonds. The number of nitrogens with one attached hydrogen (secondary N) is 2. The first kappa shape index (κ1) is 58.6. The van der Waals surface area contributed by atoms with Crippen LogP contribution >= 0.6 is 65.3 Å². The van der Waals surface area contributed by atoms with Gasteiger partial charge in [-0.2, -0.15) is 54.0 Å². The Labute approximate surface area is 444 Å². The van der Waals surface area contributed by atoms with Crippen molar-refractivity contribution in [1.29, 1.82) is 0 Å². The van der Waals surface area contributed by atoms with E-state index in [0.29, 0.717) is 63.5 Å². The maximum absolute atomic E-state index is 14.6. The van der Waals surface area contributed by atoms with Crippen LogP contribution in [0.3, 0.4) is 0 Å². The van der Waals surface area contributed by atoms with Gasteiger partial charge in [-0.15, -0.1) is 11.3 Å². The number of benzene rings is 1. The lowest BCUT2D eigenvalue weighted by Crippen LogP contribution is -2.63. The molecule has 4 aliphatic rings. The van der Waals surface area contributed by atoms with Gasteiger partial charge in [0, 0.05) is 105 Å². The van der Waals surface area contributed by atoms with Gasteiger partial charge in [-0.1, -0.05) is 33.8 Å². The van der Waals surface area contributed by atoms with Crippen LogP contribution in [0, 0.1) is 17.3 Å². The van der Waals surface area contributed by atoms with Crippen LogP contribution in [0.4, 0.5) is 4.79 Å². The summed E-state index contributed by atoms with van der Waals surface area (Å²) in [5, 5.41) is 8.15. The number of esters is 1. The number of methoxy groups -OCH3 is 1. The van der Waals surface area contributed by atoms with Gasteiger partial charge in [0.2, 0.25) is 11.8 Å². The molecule has 0 unspecified atom stereocenters. The van der Waals surface area contributed by atoms with Gasteiger partial charge in [0.25, 0.3) is 5.91 Å². The van der Waals surface area contributed by atoms with E-state index >= 15 is 0 Å². The molecule has 0 spiro atoms. The first-order valence-electron chi connectivity index (χ1n) is 23.5. The molecular formula is C49H73N9O7S5. The lowest BCUT2D eigenvalue weighted by molar-refractivity contribution is -0.155. The number of aromatic nitrogens is 3. The van der Waals surface area contributed by atoms with Crippen LogP contribution in [-0.4, -0.2) is 136 Å². The van der Waals surface area contributed by atoms with Crippen molar-refractivity contribution >= 4 is 106 Å². The molecule has 6 heterocycles. The van der Waals surface area contributed by atoms with E-state index in [1.54, 1.807) is 25.3 Å². The second-order valence-electron chi connectivity index (χ2n) is 19.4. The number of likely N-dealkylation sites (N-methyl/N-ethyl adjacent to an activating group) is 1. The van der Waals surface area contributed by atoms with Crippen molar-refractivity contribution in [2.75, 3.05) is 53.5 Å². The van der Waals surface area contributed by atoms with Gasteiger partial charge in [-0.05, 0) is 81.7 Å². The number of carbonyl (C=O) groups excluding carboxylic acids is 5. The van der Waals surface area contributed by atoms with Crippen LogP contribution in [0.5, 0.6) is 0 Å². The zero-order chi connectivity index (χ0) is 47.0. The van der Waals surface area contributed by atoms with Gasteiger partial charge in [-0.25, -0.2) is 15.2 Å². The van der Waals surface area contributed by atoms with Gasteiger partial charge in [0.05, 0.1) is 34.8 Å². The lowest BCUT2D eigenvalue weighted by Gasteiger charge is -2.40. The fraction of sp³-hybridized carbons (Fsp3) is 0.571. The molecule has 0 radical (unpaired) electrons. The Balaban J connectivity index is 0.00000266. The van der Waals surface area contributed by atoms with E-state index in [9.17, 15) is 24.0 Å². The quantitative estimate of drug-likeness (QED) is 0.182. The molecule has 1 aromatic carbocycles. The zero-order valence-corrected chi connectivity index (χ0v) is 46.4. The van der Waals surface area contributed by atoms with Crippen LogP contribution in [0.2, 0.25) is 0 Å². The molecule has 8 rings (SSSR count). The highest BCUT2D eigenvalue weighted by molar-refractivity contribution is 7.59. The van der Waals surface area contributed by atoms with Crippen molar-refractivity contribution in [3.63, 3.8) is 0 Å². The third-order valence-corrected chi connectivity index (χ3v) is 14.4. The van der Waals surface area contributed by atoms with Crippen LogP contribution in [0.15, 0.2) is 41.9 Å². The summed E-state index contributed by atoms with van der Waals surface area (Å²) >= 11 is 1.41. The molecule has 2 saturated heterocycles. The Kier molecular flexibility index (Phi) is 20.6. The summed E-state index contributed by atoms with van der Waals surface area (Å²) in [5.41, 5.74) is 9.30. The number of piperazine rings is 1. The number of nitrogens with zero attached hydrogens (tertiary/aromatic N) is 7. The number of cyclic esters (lactones) is 1. The molecule has 70 heavy (non-hydrogen) atoms. The second kappa shape index (κ2) is 24.6. The van der Waals surface area contributed by atoms with Gasteiger partial charge in [0.1, 0.15) is 18.1 Å². The average molecular weight is 1060 g/mol. The average Bonchev–Trinajstić information content (AvgIpc) is 3.99. The standard InChI is InChI=1S/C49H65N9O7S.4H2S/c1-9-57-39-17-16-32-24-34(39)35(43(57)33-12-10-18-50-41(33)30(4)64-8)26-49(5,6)28-65-47(62)36-13-11-19-58(53-36)46(61)37(25-40-51-38(32)27-66-40)52-44(59)42(29(2)3)54(7)48(63)56-22-20-55(21-23-56)45(60)31-14-15-31;;;;/h10,12,16-18,24,27,29-31,36-37,42,53H,9,11,13-15,19-23,25-26,28H2,1-8H3,(H,52,59);4*1H2/t30-,36-,37-,42-;;;;/m0..../s1.